The van der Waals surface area contributed by atoms with Crippen LogP contribution in [0.4, 0.5) is 4.39 Å². The molecule has 1 aromatic carbocycles. The van der Waals surface area contributed by atoms with Crippen LogP contribution >= 0.6 is 0 Å². The van der Waals surface area contributed by atoms with Gasteiger partial charge in [-0.1, -0.05) is 11.8 Å². The number of halogens is 1. The summed E-state index contributed by atoms with van der Waals surface area (Å²) < 4.78 is 13.4. The molecule has 19 heavy (non-hydrogen) atoms. The molecular formula is C15H19FN2O. The molecule has 0 saturated heterocycles. The molecule has 0 radical (unpaired) electrons. The van der Waals surface area contributed by atoms with E-state index in [0.717, 1.165) is 0 Å². The van der Waals surface area contributed by atoms with Crippen molar-refractivity contribution in [1.82, 2.24) is 4.90 Å². The normalized spacial score (nSPS) is 10.0. The van der Waals surface area contributed by atoms with E-state index in [9.17, 15) is 9.18 Å². The van der Waals surface area contributed by atoms with E-state index < -0.39 is 5.82 Å². The average molecular weight is 262 g/mol. The number of amides is 1. The monoisotopic (exact) mass is 262 g/mol. The Morgan fingerprint density at radius 2 is 2.16 bits per heavy atom. The van der Waals surface area contributed by atoms with Crippen molar-refractivity contribution in [2.24, 2.45) is 5.73 Å². The van der Waals surface area contributed by atoms with Crippen molar-refractivity contribution < 1.29 is 9.18 Å². The molecule has 0 aliphatic carbocycles. The van der Waals surface area contributed by atoms with E-state index in [1.807, 2.05) is 20.8 Å². The number of carbonyl (C=O) groups is 1. The second-order valence-electron chi connectivity index (χ2n) is 4.38. The molecule has 2 N–H and O–H groups in total. The summed E-state index contributed by atoms with van der Waals surface area (Å²) in [6, 6.07) is 4.09. The highest BCUT2D eigenvalue weighted by molar-refractivity contribution is 5.97. The first-order valence-corrected chi connectivity index (χ1v) is 6.30. The van der Waals surface area contributed by atoms with E-state index >= 15 is 0 Å². The highest BCUT2D eigenvalue weighted by Crippen LogP contribution is 2.15. The van der Waals surface area contributed by atoms with Gasteiger partial charge in [0.2, 0.25) is 0 Å². The zero-order valence-electron chi connectivity index (χ0n) is 11.5. The number of hydrogen-bond acceptors (Lipinski definition) is 2. The SMILES string of the molecule is CCN(C(=O)c1cc(F)ccc1C#CCN)C(C)C. The largest absolute Gasteiger partial charge is 0.336 e. The highest BCUT2D eigenvalue weighted by atomic mass is 19.1. The number of rotatable bonds is 3. The van der Waals surface area contributed by atoms with Gasteiger partial charge in [0.25, 0.3) is 5.91 Å². The van der Waals surface area contributed by atoms with Crippen molar-refractivity contribution in [2.45, 2.75) is 26.8 Å². The second kappa shape index (κ2) is 6.91. The second-order valence-corrected chi connectivity index (χ2v) is 4.38. The third-order valence-corrected chi connectivity index (χ3v) is 2.76. The molecule has 0 saturated carbocycles. The van der Waals surface area contributed by atoms with Gasteiger partial charge in [-0.2, -0.15) is 0 Å². The van der Waals surface area contributed by atoms with E-state index in [-0.39, 0.29) is 24.1 Å². The maximum Gasteiger partial charge on any atom is 0.255 e. The molecule has 0 aliphatic rings. The van der Waals surface area contributed by atoms with Crippen LogP contribution in [0.2, 0.25) is 0 Å². The van der Waals surface area contributed by atoms with Gasteiger partial charge >= 0.3 is 0 Å². The van der Waals surface area contributed by atoms with Crippen LogP contribution in [0.3, 0.4) is 0 Å². The maximum absolute atomic E-state index is 13.4. The fourth-order valence-corrected chi connectivity index (χ4v) is 1.85. The Bertz CT molecular complexity index is 515. The summed E-state index contributed by atoms with van der Waals surface area (Å²) in [7, 11) is 0. The van der Waals surface area contributed by atoms with E-state index in [0.29, 0.717) is 12.1 Å². The van der Waals surface area contributed by atoms with Crippen molar-refractivity contribution in [1.29, 1.82) is 0 Å². The van der Waals surface area contributed by atoms with Crippen LogP contribution in [-0.4, -0.2) is 29.9 Å². The minimum Gasteiger partial charge on any atom is -0.336 e. The molecule has 0 unspecified atom stereocenters. The van der Waals surface area contributed by atoms with E-state index in [2.05, 4.69) is 11.8 Å². The molecule has 1 rings (SSSR count). The van der Waals surface area contributed by atoms with Crippen molar-refractivity contribution in [2.75, 3.05) is 13.1 Å². The van der Waals surface area contributed by atoms with Gasteiger partial charge in [-0.05, 0) is 39.0 Å². The first-order chi connectivity index (χ1) is 9.01. The number of benzene rings is 1. The molecular weight excluding hydrogens is 243 g/mol. The van der Waals surface area contributed by atoms with E-state index in [4.69, 9.17) is 5.73 Å². The van der Waals surface area contributed by atoms with Gasteiger partial charge in [-0.25, -0.2) is 4.39 Å². The average Bonchev–Trinajstić information content (AvgIpc) is 2.37. The van der Waals surface area contributed by atoms with Gasteiger partial charge in [0, 0.05) is 18.2 Å². The minimum atomic E-state index is -0.443. The minimum absolute atomic E-state index is 0.0519. The van der Waals surface area contributed by atoms with Crippen LogP contribution in [-0.2, 0) is 0 Å². The molecule has 4 heteroatoms. The third-order valence-electron chi connectivity index (χ3n) is 2.76. The Hall–Kier alpha value is -1.86. The Balaban J connectivity index is 3.23. The molecule has 0 aliphatic heterocycles. The van der Waals surface area contributed by atoms with Crippen LogP contribution in [0, 0.1) is 17.7 Å². The summed E-state index contributed by atoms with van der Waals surface area (Å²) in [5.74, 6) is 4.85. The van der Waals surface area contributed by atoms with Crippen molar-refractivity contribution >= 4 is 5.91 Å². The molecule has 0 heterocycles. The lowest BCUT2D eigenvalue weighted by atomic mass is 10.1. The summed E-state index contributed by atoms with van der Waals surface area (Å²) in [4.78, 5) is 14.1. The molecule has 102 valence electrons. The molecule has 0 atom stereocenters. The first-order valence-electron chi connectivity index (χ1n) is 6.30. The number of nitrogens with two attached hydrogens (primary N) is 1. The molecule has 0 spiro atoms. The smallest absolute Gasteiger partial charge is 0.255 e. The number of nitrogens with zero attached hydrogens (tertiary/aromatic N) is 1. The maximum atomic E-state index is 13.4. The van der Waals surface area contributed by atoms with Gasteiger partial charge in [-0.3, -0.25) is 4.79 Å². The van der Waals surface area contributed by atoms with Crippen LogP contribution in [0.15, 0.2) is 18.2 Å². The number of hydrogen-bond donors (Lipinski definition) is 1. The zero-order valence-corrected chi connectivity index (χ0v) is 11.5. The lowest BCUT2D eigenvalue weighted by Gasteiger charge is -2.25. The molecule has 1 aromatic rings. The van der Waals surface area contributed by atoms with Crippen molar-refractivity contribution in [3.63, 3.8) is 0 Å². The summed E-state index contributed by atoms with van der Waals surface area (Å²) in [6.07, 6.45) is 0. The van der Waals surface area contributed by atoms with E-state index in [1.165, 1.54) is 18.2 Å². The van der Waals surface area contributed by atoms with Gasteiger partial charge in [0.05, 0.1) is 12.1 Å². The third kappa shape index (κ3) is 3.80. The predicted molar refractivity (Wildman–Crippen MR) is 74.2 cm³/mol. The Morgan fingerprint density at radius 1 is 1.47 bits per heavy atom. The van der Waals surface area contributed by atoms with Gasteiger partial charge in [0.15, 0.2) is 0 Å². The summed E-state index contributed by atoms with van der Waals surface area (Å²) in [5.41, 5.74) is 6.12. The summed E-state index contributed by atoms with van der Waals surface area (Å²) in [6.45, 7) is 6.50. The van der Waals surface area contributed by atoms with Gasteiger partial charge in [0.1, 0.15) is 5.82 Å². The fraction of sp³-hybridized carbons (Fsp3) is 0.400. The topological polar surface area (TPSA) is 46.3 Å². The van der Waals surface area contributed by atoms with Crippen molar-refractivity contribution in [3.8, 4) is 11.8 Å². The molecule has 0 fully saturated rings. The Kier molecular flexibility index (Phi) is 5.53. The lowest BCUT2D eigenvalue weighted by molar-refractivity contribution is 0.0716. The zero-order chi connectivity index (χ0) is 14.4. The van der Waals surface area contributed by atoms with E-state index in [1.54, 1.807) is 4.90 Å². The van der Waals surface area contributed by atoms with Crippen LogP contribution in [0.1, 0.15) is 36.7 Å². The van der Waals surface area contributed by atoms with Crippen LogP contribution < -0.4 is 5.73 Å². The van der Waals surface area contributed by atoms with Crippen LogP contribution in [0.5, 0.6) is 0 Å². The molecule has 1 amide bonds. The molecule has 3 nitrogen and oxygen atoms in total. The Morgan fingerprint density at radius 3 is 2.68 bits per heavy atom. The van der Waals surface area contributed by atoms with Gasteiger partial charge < -0.3 is 10.6 Å². The summed E-state index contributed by atoms with van der Waals surface area (Å²) >= 11 is 0. The quantitative estimate of drug-likeness (QED) is 0.847. The summed E-state index contributed by atoms with van der Waals surface area (Å²) in [5, 5.41) is 0. The van der Waals surface area contributed by atoms with Gasteiger partial charge in [-0.15, -0.1) is 0 Å². The molecule has 0 bridgehead atoms. The van der Waals surface area contributed by atoms with Crippen LogP contribution in [0.25, 0.3) is 0 Å². The standard InChI is InChI=1S/C15H19FN2O/c1-4-18(11(2)3)15(19)14-10-13(16)8-7-12(14)6-5-9-17/h7-8,10-11H,4,9,17H2,1-3H3. The lowest BCUT2D eigenvalue weighted by Crippen LogP contribution is -2.37. The molecule has 0 aromatic heterocycles. The Labute approximate surface area is 113 Å². The predicted octanol–water partition coefficient (Wildman–Crippen LogP) is 2.01. The highest BCUT2D eigenvalue weighted by Gasteiger charge is 2.20. The fourth-order valence-electron chi connectivity index (χ4n) is 1.85. The first kappa shape index (κ1) is 15.2. The number of carbonyl (C=O) groups excluding carboxylic acids is 1. The van der Waals surface area contributed by atoms with Crippen molar-refractivity contribution in [3.05, 3.63) is 35.1 Å².